The van der Waals surface area contributed by atoms with Gasteiger partial charge in [-0.2, -0.15) is 13.2 Å². The molecule has 12 heteroatoms. The molecule has 1 unspecified atom stereocenters. The Morgan fingerprint density at radius 1 is 1.18 bits per heavy atom. The summed E-state index contributed by atoms with van der Waals surface area (Å²) in [5.41, 5.74) is 2.27. The summed E-state index contributed by atoms with van der Waals surface area (Å²) in [6.45, 7) is 4.36. The van der Waals surface area contributed by atoms with E-state index in [4.69, 9.17) is 9.90 Å². The maximum absolute atomic E-state index is 14.1. The first-order chi connectivity index (χ1) is 16.1. The average molecular weight is 483 g/mol. The number of aromatic nitrogens is 4. The van der Waals surface area contributed by atoms with Gasteiger partial charge >= 0.3 is 12.1 Å². The number of carbonyl (C=O) groups is 1. The zero-order valence-corrected chi connectivity index (χ0v) is 18.4. The molecule has 0 spiro atoms. The van der Waals surface area contributed by atoms with Crippen molar-refractivity contribution in [1.29, 1.82) is 0 Å². The number of rotatable bonds is 5. The largest absolute Gasteiger partial charge is 0.490 e. The molecule has 1 atom stereocenters. The Morgan fingerprint density at radius 2 is 1.82 bits per heavy atom. The molecular weight excluding hydrogens is 458 g/mol. The van der Waals surface area contributed by atoms with E-state index in [1.165, 1.54) is 6.07 Å². The molecule has 1 aliphatic heterocycles. The van der Waals surface area contributed by atoms with Crippen molar-refractivity contribution < 1.29 is 32.6 Å². The zero-order valence-electron chi connectivity index (χ0n) is 18.4. The first-order valence-electron chi connectivity index (χ1n) is 10.6. The summed E-state index contributed by atoms with van der Waals surface area (Å²) >= 11 is 0. The second kappa shape index (κ2) is 10.8. The summed E-state index contributed by atoms with van der Waals surface area (Å²) in [5.74, 6) is -2.97. The number of benzene rings is 1. The number of aliphatic carboxylic acids is 1. The van der Waals surface area contributed by atoms with Crippen LogP contribution in [0, 0.1) is 5.82 Å². The number of likely N-dealkylation sites (tertiary alicyclic amines) is 1. The molecule has 1 saturated heterocycles. The van der Waals surface area contributed by atoms with Crippen LogP contribution in [0.4, 0.5) is 17.6 Å². The molecule has 3 heterocycles. The van der Waals surface area contributed by atoms with Crippen LogP contribution < -0.4 is 0 Å². The number of piperidine rings is 1. The Labute approximate surface area is 193 Å². The topological polar surface area (TPSA) is 96.4 Å². The molecule has 8 nitrogen and oxygen atoms in total. The van der Waals surface area contributed by atoms with Crippen molar-refractivity contribution in [3.63, 3.8) is 0 Å². The van der Waals surface area contributed by atoms with Gasteiger partial charge in [-0.15, -0.1) is 5.10 Å². The van der Waals surface area contributed by atoms with E-state index in [9.17, 15) is 22.7 Å². The molecule has 184 valence electrons. The number of aliphatic hydroxyl groups excluding tert-OH is 1. The number of para-hydroxylation sites is 1. The molecule has 0 aliphatic carbocycles. The van der Waals surface area contributed by atoms with Gasteiger partial charge in [0, 0.05) is 31.5 Å². The Hall–Kier alpha value is -3.25. The van der Waals surface area contributed by atoms with E-state index in [1.807, 2.05) is 39.8 Å². The van der Waals surface area contributed by atoms with Crippen molar-refractivity contribution in [2.75, 3.05) is 13.1 Å². The van der Waals surface area contributed by atoms with Gasteiger partial charge in [0.2, 0.25) is 0 Å². The van der Waals surface area contributed by atoms with E-state index in [1.54, 1.807) is 19.1 Å². The van der Waals surface area contributed by atoms with E-state index in [0.717, 1.165) is 38.2 Å². The van der Waals surface area contributed by atoms with Gasteiger partial charge in [-0.1, -0.05) is 17.3 Å². The summed E-state index contributed by atoms with van der Waals surface area (Å²) in [7, 11) is 0. The molecular formula is C22H25F4N5O3. The fourth-order valence-electron chi connectivity index (χ4n) is 3.66. The molecule has 0 radical (unpaired) electrons. The van der Waals surface area contributed by atoms with Crippen molar-refractivity contribution in [3.05, 3.63) is 66.0 Å². The van der Waals surface area contributed by atoms with Crippen LogP contribution in [0.3, 0.4) is 0 Å². The molecule has 0 amide bonds. The highest BCUT2D eigenvalue weighted by Crippen LogP contribution is 2.25. The van der Waals surface area contributed by atoms with Crippen LogP contribution in [0.2, 0.25) is 0 Å². The highest BCUT2D eigenvalue weighted by Gasteiger charge is 2.38. The third-order valence-corrected chi connectivity index (χ3v) is 5.46. The summed E-state index contributed by atoms with van der Waals surface area (Å²) < 4.78 is 49.7. The highest BCUT2D eigenvalue weighted by molar-refractivity contribution is 5.73. The highest BCUT2D eigenvalue weighted by atomic mass is 19.4. The minimum atomic E-state index is -5.08. The predicted octanol–water partition coefficient (Wildman–Crippen LogP) is 3.73. The van der Waals surface area contributed by atoms with E-state index in [2.05, 4.69) is 15.2 Å². The first kappa shape index (κ1) is 25.4. The molecule has 1 aromatic carbocycles. The maximum Gasteiger partial charge on any atom is 0.490 e. The minimum Gasteiger partial charge on any atom is -0.475 e. The summed E-state index contributed by atoms with van der Waals surface area (Å²) in [4.78, 5) is 11.3. The number of hydrogen-bond donors (Lipinski definition) is 2. The SMILES string of the molecule is CC(O)c1cn(C2CCN(Cc3cccn3-c3ccccc3F)CC2)nn1.O=C(O)C(F)(F)F. The number of carboxylic acid groups (broad SMARTS) is 1. The zero-order chi connectivity index (χ0) is 24.9. The van der Waals surface area contributed by atoms with Crippen molar-refractivity contribution in [1.82, 2.24) is 24.5 Å². The predicted molar refractivity (Wildman–Crippen MR) is 114 cm³/mol. The van der Waals surface area contributed by atoms with Gasteiger partial charge in [0.1, 0.15) is 11.5 Å². The standard InChI is InChI=1S/C20H24FN5O.C2HF3O2/c1-15(27)19-14-26(23-22-19)16-8-11-24(12-9-16)13-17-5-4-10-25(17)20-7-3-2-6-18(20)21;3-2(4,5)1(6)7/h2-7,10,14-16,27H,8-9,11-13H2,1H3;(H,6,7). The quantitative estimate of drug-likeness (QED) is 0.537. The van der Waals surface area contributed by atoms with Gasteiger partial charge in [-0.25, -0.2) is 13.9 Å². The average Bonchev–Trinajstić information content (AvgIpc) is 3.45. The lowest BCUT2D eigenvalue weighted by Gasteiger charge is -2.32. The van der Waals surface area contributed by atoms with Crippen LogP contribution in [0.25, 0.3) is 5.69 Å². The van der Waals surface area contributed by atoms with Crippen LogP contribution in [0.1, 0.15) is 43.3 Å². The van der Waals surface area contributed by atoms with Crippen molar-refractivity contribution >= 4 is 5.97 Å². The lowest BCUT2D eigenvalue weighted by atomic mass is 10.1. The fraction of sp³-hybridized carbons (Fsp3) is 0.409. The van der Waals surface area contributed by atoms with Gasteiger partial charge in [0.05, 0.1) is 24.0 Å². The molecule has 0 saturated carbocycles. The third-order valence-electron chi connectivity index (χ3n) is 5.46. The molecule has 4 rings (SSSR count). The number of halogens is 4. The van der Waals surface area contributed by atoms with Crippen molar-refractivity contribution in [2.45, 2.75) is 44.6 Å². The first-order valence-corrected chi connectivity index (χ1v) is 10.6. The molecule has 3 aromatic rings. The molecule has 34 heavy (non-hydrogen) atoms. The third kappa shape index (κ3) is 6.41. The van der Waals surface area contributed by atoms with Crippen molar-refractivity contribution in [2.24, 2.45) is 0 Å². The Morgan fingerprint density at radius 3 is 2.38 bits per heavy atom. The van der Waals surface area contributed by atoms with Crippen LogP contribution in [-0.4, -0.2) is 59.9 Å². The van der Waals surface area contributed by atoms with E-state index < -0.39 is 18.2 Å². The smallest absolute Gasteiger partial charge is 0.475 e. The number of aliphatic hydroxyl groups is 1. The summed E-state index contributed by atoms with van der Waals surface area (Å²) in [6, 6.07) is 11.2. The molecule has 2 N–H and O–H groups in total. The lowest BCUT2D eigenvalue weighted by molar-refractivity contribution is -0.192. The van der Waals surface area contributed by atoms with E-state index >= 15 is 0 Å². The summed E-state index contributed by atoms with van der Waals surface area (Å²) in [5, 5.41) is 24.9. The monoisotopic (exact) mass is 483 g/mol. The Bertz CT molecular complexity index is 1090. The van der Waals surface area contributed by atoms with Gasteiger partial charge in [0.15, 0.2) is 0 Å². The Balaban J connectivity index is 0.000000406. The number of carboxylic acids is 1. The van der Waals surface area contributed by atoms with Crippen LogP contribution >= 0.6 is 0 Å². The van der Waals surface area contributed by atoms with Gasteiger partial charge < -0.3 is 14.8 Å². The fourth-order valence-corrected chi connectivity index (χ4v) is 3.66. The van der Waals surface area contributed by atoms with Crippen LogP contribution in [0.15, 0.2) is 48.8 Å². The number of hydrogen-bond acceptors (Lipinski definition) is 5. The maximum atomic E-state index is 14.1. The normalized spacial score (nSPS) is 16.1. The molecule has 1 fully saturated rings. The Kier molecular flexibility index (Phi) is 8.05. The van der Waals surface area contributed by atoms with Gasteiger partial charge in [0.25, 0.3) is 0 Å². The lowest BCUT2D eigenvalue weighted by Crippen LogP contribution is -2.34. The van der Waals surface area contributed by atoms with Gasteiger partial charge in [-0.05, 0) is 44.0 Å². The van der Waals surface area contributed by atoms with Gasteiger partial charge in [-0.3, -0.25) is 4.90 Å². The van der Waals surface area contributed by atoms with Crippen LogP contribution in [0.5, 0.6) is 0 Å². The van der Waals surface area contributed by atoms with Crippen molar-refractivity contribution in [3.8, 4) is 5.69 Å². The minimum absolute atomic E-state index is 0.214. The second-order valence-electron chi connectivity index (χ2n) is 7.93. The molecule has 1 aliphatic rings. The van der Waals surface area contributed by atoms with E-state index in [0.29, 0.717) is 17.4 Å². The van der Waals surface area contributed by atoms with Crippen LogP contribution in [-0.2, 0) is 11.3 Å². The number of nitrogens with zero attached hydrogens (tertiary/aromatic N) is 5. The summed E-state index contributed by atoms with van der Waals surface area (Å²) in [6.07, 6.45) is 0.0263. The second-order valence-corrected chi connectivity index (χ2v) is 7.93. The van der Waals surface area contributed by atoms with E-state index in [-0.39, 0.29) is 5.82 Å². The number of alkyl halides is 3. The molecule has 2 aromatic heterocycles. The molecule has 0 bridgehead atoms.